The molecule has 3 aromatic heterocycles. The van der Waals surface area contributed by atoms with Gasteiger partial charge in [-0.25, -0.2) is 14.4 Å². The predicted octanol–water partition coefficient (Wildman–Crippen LogP) is 6.79. The van der Waals surface area contributed by atoms with E-state index in [-0.39, 0.29) is 18.3 Å². The minimum absolute atomic E-state index is 0.188. The van der Waals surface area contributed by atoms with Gasteiger partial charge in [-0.1, -0.05) is 41.4 Å². The largest absolute Gasteiger partial charge is 0.348 e. The van der Waals surface area contributed by atoms with Gasteiger partial charge in [-0.05, 0) is 49.2 Å². The summed E-state index contributed by atoms with van der Waals surface area (Å²) in [5, 5.41) is 11.8. The van der Waals surface area contributed by atoms with Gasteiger partial charge in [-0.15, -0.1) is 0 Å². The van der Waals surface area contributed by atoms with E-state index in [2.05, 4.69) is 20.6 Å². The standard InChI is InChI=1S/C28H21Cl2FN6O/c29-20-5-3-6-21(30)19(20)15-33-28(38)17-10-11-25(32-14-17)35-27-13-24(18-4-1-2-7-22(18)31)34-26-12-23(16-8-9-16)36-37(26)27/h1-7,10-14,16H,8-9,15H2,(H,32,35)(H,33,38). The summed E-state index contributed by atoms with van der Waals surface area (Å²) in [5.74, 6) is 0.834. The summed E-state index contributed by atoms with van der Waals surface area (Å²) in [5.41, 5.74) is 3.47. The van der Waals surface area contributed by atoms with Gasteiger partial charge in [0.25, 0.3) is 5.91 Å². The van der Waals surface area contributed by atoms with Crippen LogP contribution in [0.4, 0.5) is 16.0 Å². The predicted molar refractivity (Wildman–Crippen MR) is 146 cm³/mol. The zero-order valence-electron chi connectivity index (χ0n) is 20.0. The number of anilines is 2. The highest BCUT2D eigenvalue weighted by molar-refractivity contribution is 6.36. The Bertz CT molecular complexity index is 1650. The first kappa shape index (κ1) is 24.3. The molecule has 1 fully saturated rings. The Labute approximate surface area is 227 Å². The molecular weight excluding hydrogens is 526 g/mol. The fourth-order valence-electron chi connectivity index (χ4n) is 4.17. The maximum Gasteiger partial charge on any atom is 0.253 e. The van der Waals surface area contributed by atoms with Crippen LogP contribution in [0.3, 0.4) is 0 Å². The molecule has 2 aromatic carbocycles. The summed E-state index contributed by atoms with van der Waals surface area (Å²) >= 11 is 12.4. The van der Waals surface area contributed by atoms with Crippen molar-refractivity contribution in [3.63, 3.8) is 0 Å². The zero-order chi connectivity index (χ0) is 26.2. The van der Waals surface area contributed by atoms with Gasteiger partial charge in [-0.3, -0.25) is 4.79 Å². The number of nitrogens with one attached hydrogen (secondary N) is 2. The quantitative estimate of drug-likeness (QED) is 0.235. The van der Waals surface area contributed by atoms with E-state index < -0.39 is 0 Å². The summed E-state index contributed by atoms with van der Waals surface area (Å²) in [4.78, 5) is 21.7. The lowest BCUT2D eigenvalue weighted by atomic mass is 10.1. The monoisotopic (exact) mass is 546 g/mol. The van der Waals surface area contributed by atoms with E-state index in [0.717, 1.165) is 18.5 Å². The van der Waals surface area contributed by atoms with E-state index in [9.17, 15) is 9.18 Å². The molecule has 0 saturated heterocycles. The maximum atomic E-state index is 14.6. The minimum atomic E-state index is -0.358. The van der Waals surface area contributed by atoms with Crippen molar-refractivity contribution < 1.29 is 9.18 Å². The number of amides is 1. The summed E-state index contributed by atoms with van der Waals surface area (Å²) in [7, 11) is 0. The Morgan fingerprint density at radius 1 is 1.03 bits per heavy atom. The molecule has 10 heteroatoms. The second-order valence-electron chi connectivity index (χ2n) is 9.06. The van der Waals surface area contributed by atoms with Crippen LogP contribution in [-0.2, 0) is 6.54 Å². The fraction of sp³-hybridized carbons (Fsp3) is 0.143. The van der Waals surface area contributed by atoms with Crippen LogP contribution < -0.4 is 10.6 Å². The maximum absolute atomic E-state index is 14.6. The molecule has 1 saturated carbocycles. The van der Waals surface area contributed by atoms with Crippen LogP contribution in [0.1, 0.15) is 40.4 Å². The zero-order valence-corrected chi connectivity index (χ0v) is 21.5. The lowest BCUT2D eigenvalue weighted by molar-refractivity contribution is 0.0950. The topological polar surface area (TPSA) is 84.2 Å². The number of hydrogen-bond acceptors (Lipinski definition) is 5. The number of pyridine rings is 1. The molecule has 0 spiro atoms. The Hall–Kier alpha value is -4.01. The summed E-state index contributed by atoms with van der Waals surface area (Å²) in [6.07, 6.45) is 3.67. The molecule has 0 atom stereocenters. The molecular formula is C28H21Cl2FN6O. The first-order valence-electron chi connectivity index (χ1n) is 12.1. The van der Waals surface area contributed by atoms with Gasteiger partial charge in [0.2, 0.25) is 0 Å². The molecule has 6 rings (SSSR count). The second-order valence-corrected chi connectivity index (χ2v) is 9.87. The number of benzene rings is 2. The Kier molecular flexibility index (Phi) is 6.43. The van der Waals surface area contributed by atoms with Gasteiger partial charge >= 0.3 is 0 Å². The van der Waals surface area contributed by atoms with Gasteiger partial charge in [-0.2, -0.15) is 9.61 Å². The molecule has 7 nitrogen and oxygen atoms in total. The Morgan fingerprint density at radius 3 is 2.53 bits per heavy atom. The molecule has 5 aromatic rings. The van der Waals surface area contributed by atoms with Crippen molar-refractivity contribution in [3.05, 3.63) is 106 Å². The molecule has 190 valence electrons. The number of rotatable bonds is 7. The highest BCUT2D eigenvalue weighted by Gasteiger charge is 2.27. The Morgan fingerprint density at radius 2 is 1.82 bits per heavy atom. The number of nitrogens with zero attached hydrogens (tertiary/aromatic N) is 4. The summed E-state index contributed by atoms with van der Waals surface area (Å²) < 4.78 is 16.3. The van der Waals surface area contributed by atoms with Crippen LogP contribution in [0.15, 0.2) is 72.9 Å². The molecule has 2 N–H and O–H groups in total. The molecule has 0 unspecified atom stereocenters. The lowest BCUT2D eigenvalue weighted by Gasteiger charge is -2.11. The summed E-state index contributed by atoms with van der Waals surface area (Å²) in [6.45, 7) is 0.188. The third-order valence-electron chi connectivity index (χ3n) is 6.36. The second kappa shape index (κ2) is 10.0. The number of carbonyl (C=O) groups is 1. The third-order valence-corrected chi connectivity index (χ3v) is 7.07. The minimum Gasteiger partial charge on any atom is -0.348 e. The van der Waals surface area contributed by atoms with Crippen molar-refractivity contribution in [2.75, 3.05) is 5.32 Å². The lowest BCUT2D eigenvalue weighted by Crippen LogP contribution is -2.23. The van der Waals surface area contributed by atoms with Gasteiger partial charge in [0.15, 0.2) is 5.65 Å². The summed E-state index contributed by atoms with van der Waals surface area (Å²) in [6, 6.07) is 18.7. The highest BCUT2D eigenvalue weighted by Crippen LogP contribution is 2.40. The first-order chi connectivity index (χ1) is 18.5. The molecule has 3 heterocycles. The van der Waals surface area contributed by atoms with E-state index in [1.54, 1.807) is 59.1 Å². The Balaban J connectivity index is 1.25. The fourth-order valence-corrected chi connectivity index (χ4v) is 4.70. The smallest absolute Gasteiger partial charge is 0.253 e. The van der Waals surface area contributed by atoms with Gasteiger partial charge < -0.3 is 10.6 Å². The van der Waals surface area contributed by atoms with E-state index >= 15 is 0 Å². The van der Waals surface area contributed by atoms with E-state index in [0.29, 0.717) is 55.6 Å². The van der Waals surface area contributed by atoms with Crippen molar-refractivity contribution >= 4 is 46.4 Å². The number of aromatic nitrogens is 4. The normalized spacial score (nSPS) is 13.0. The van der Waals surface area contributed by atoms with Crippen molar-refractivity contribution in [3.8, 4) is 11.3 Å². The number of carbonyl (C=O) groups excluding carboxylic acids is 1. The van der Waals surface area contributed by atoms with Crippen molar-refractivity contribution in [2.24, 2.45) is 0 Å². The molecule has 0 aliphatic heterocycles. The van der Waals surface area contributed by atoms with E-state index in [4.69, 9.17) is 28.3 Å². The van der Waals surface area contributed by atoms with Crippen LogP contribution in [0, 0.1) is 5.82 Å². The average molecular weight is 547 g/mol. The van der Waals surface area contributed by atoms with E-state index in [1.807, 2.05) is 6.07 Å². The molecule has 0 radical (unpaired) electrons. The SMILES string of the molecule is O=C(NCc1c(Cl)cccc1Cl)c1ccc(Nc2cc(-c3ccccc3F)nc3cc(C4CC4)nn23)nc1. The van der Waals surface area contributed by atoms with E-state index in [1.165, 1.54) is 12.3 Å². The van der Waals surface area contributed by atoms with Crippen molar-refractivity contribution in [2.45, 2.75) is 25.3 Å². The number of hydrogen-bond donors (Lipinski definition) is 2. The van der Waals surface area contributed by atoms with Crippen LogP contribution in [0.25, 0.3) is 16.9 Å². The van der Waals surface area contributed by atoms with Crippen LogP contribution >= 0.6 is 23.2 Å². The van der Waals surface area contributed by atoms with Gasteiger partial charge in [0.1, 0.15) is 17.5 Å². The first-order valence-corrected chi connectivity index (χ1v) is 12.8. The molecule has 1 aliphatic rings. The third kappa shape index (κ3) is 4.92. The van der Waals surface area contributed by atoms with Crippen LogP contribution in [0.2, 0.25) is 10.0 Å². The highest BCUT2D eigenvalue weighted by atomic mass is 35.5. The van der Waals surface area contributed by atoms with Crippen molar-refractivity contribution in [1.82, 2.24) is 24.9 Å². The van der Waals surface area contributed by atoms with Gasteiger partial charge in [0.05, 0.1) is 17.0 Å². The number of halogens is 3. The molecule has 38 heavy (non-hydrogen) atoms. The van der Waals surface area contributed by atoms with Crippen LogP contribution in [-0.4, -0.2) is 25.5 Å². The molecule has 1 aliphatic carbocycles. The van der Waals surface area contributed by atoms with Crippen molar-refractivity contribution in [1.29, 1.82) is 0 Å². The average Bonchev–Trinajstić information content (AvgIpc) is 3.67. The van der Waals surface area contributed by atoms with Gasteiger partial charge in [0, 0.05) is 52.0 Å². The molecule has 0 bridgehead atoms. The number of fused-ring (bicyclic) bond motifs is 1. The molecule has 1 amide bonds. The van der Waals surface area contributed by atoms with Crippen LogP contribution in [0.5, 0.6) is 0 Å².